The van der Waals surface area contributed by atoms with E-state index in [-0.39, 0.29) is 17.8 Å². The average Bonchev–Trinajstić information content (AvgIpc) is 3.30. The van der Waals surface area contributed by atoms with Crippen LogP contribution >= 0.6 is 0 Å². The summed E-state index contributed by atoms with van der Waals surface area (Å²) in [5, 5.41) is 0. The molecule has 0 saturated heterocycles. The van der Waals surface area contributed by atoms with Crippen LogP contribution in [0.3, 0.4) is 0 Å². The van der Waals surface area contributed by atoms with E-state index < -0.39 is 0 Å². The van der Waals surface area contributed by atoms with E-state index in [9.17, 15) is 9.18 Å². The number of benzene rings is 1. The Morgan fingerprint density at radius 1 is 1.30 bits per heavy atom. The van der Waals surface area contributed by atoms with E-state index in [0.717, 1.165) is 18.4 Å². The molecule has 1 aromatic heterocycles. The van der Waals surface area contributed by atoms with Crippen LogP contribution in [0.4, 0.5) is 4.39 Å². The number of carbonyl (C=O) groups is 1. The zero-order valence-corrected chi connectivity index (χ0v) is 11.0. The largest absolute Gasteiger partial charge is 0.331 e. The van der Waals surface area contributed by atoms with Crippen LogP contribution in [0.15, 0.2) is 48.8 Å². The fourth-order valence-electron chi connectivity index (χ4n) is 2.23. The summed E-state index contributed by atoms with van der Waals surface area (Å²) in [6.45, 7) is 0.522. The van der Waals surface area contributed by atoms with Gasteiger partial charge in [0.1, 0.15) is 5.82 Å². The number of rotatable bonds is 4. The Bertz CT molecular complexity index is 611. The molecule has 0 unspecified atom stereocenters. The highest BCUT2D eigenvalue weighted by Gasteiger charge is 2.33. The van der Waals surface area contributed by atoms with Gasteiger partial charge in [-0.25, -0.2) is 4.39 Å². The lowest BCUT2D eigenvalue weighted by molar-refractivity contribution is 0.0729. The van der Waals surface area contributed by atoms with Crippen LogP contribution in [-0.4, -0.2) is 21.8 Å². The van der Waals surface area contributed by atoms with Crippen molar-refractivity contribution in [2.45, 2.75) is 25.4 Å². The smallest absolute Gasteiger partial charge is 0.254 e. The van der Waals surface area contributed by atoms with Gasteiger partial charge in [-0.2, -0.15) is 0 Å². The minimum Gasteiger partial charge on any atom is -0.331 e. The van der Waals surface area contributed by atoms with Crippen molar-refractivity contribution in [1.29, 1.82) is 0 Å². The summed E-state index contributed by atoms with van der Waals surface area (Å²) in [6, 6.07) is 9.93. The van der Waals surface area contributed by atoms with Crippen LogP contribution in [0.25, 0.3) is 0 Å². The lowest BCUT2D eigenvalue weighted by Gasteiger charge is -2.22. The maximum Gasteiger partial charge on any atom is 0.254 e. The Morgan fingerprint density at radius 3 is 2.80 bits per heavy atom. The minimum atomic E-state index is -0.382. The van der Waals surface area contributed by atoms with Crippen LogP contribution in [-0.2, 0) is 6.54 Å². The molecule has 1 amide bonds. The second kappa shape index (κ2) is 5.41. The van der Waals surface area contributed by atoms with E-state index in [4.69, 9.17) is 0 Å². The number of aromatic nitrogens is 1. The Labute approximate surface area is 117 Å². The monoisotopic (exact) mass is 270 g/mol. The van der Waals surface area contributed by atoms with E-state index in [0.29, 0.717) is 12.1 Å². The molecular weight excluding hydrogens is 255 g/mol. The standard InChI is InChI=1S/C16H15FN2O/c17-14-5-1-4-13(9-14)16(20)19(15-6-7-15)11-12-3-2-8-18-10-12/h1-5,8-10,15H,6-7,11H2. The SMILES string of the molecule is O=C(c1cccc(F)c1)N(Cc1cccnc1)C1CC1. The Kier molecular flexibility index (Phi) is 3.46. The van der Waals surface area contributed by atoms with Gasteiger partial charge in [-0.15, -0.1) is 0 Å². The van der Waals surface area contributed by atoms with Gasteiger partial charge in [0.2, 0.25) is 0 Å². The molecule has 3 rings (SSSR count). The molecule has 1 aliphatic carbocycles. The van der Waals surface area contributed by atoms with Crippen molar-refractivity contribution in [1.82, 2.24) is 9.88 Å². The van der Waals surface area contributed by atoms with Crippen LogP contribution in [0.1, 0.15) is 28.8 Å². The van der Waals surface area contributed by atoms with Crippen LogP contribution in [0.5, 0.6) is 0 Å². The summed E-state index contributed by atoms with van der Waals surface area (Å²) in [4.78, 5) is 18.4. The fraction of sp³-hybridized carbons (Fsp3) is 0.250. The van der Waals surface area contributed by atoms with Crippen molar-refractivity contribution in [3.05, 3.63) is 65.7 Å². The molecule has 4 heteroatoms. The summed E-state index contributed by atoms with van der Waals surface area (Å²) in [5.41, 5.74) is 1.39. The second-order valence-electron chi connectivity index (χ2n) is 5.04. The first-order valence-electron chi connectivity index (χ1n) is 6.69. The second-order valence-corrected chi connectivity index (χ2v) is 5.04. The van der Waals surface area contributed by atoms with E-state index in [1.165, 1.54) is 12.1 Å². The van der Waals surface area contributed by atoms with Gasteiger partial charge in [0.15, 0.2) is 0 Å². The molecule has 1 aliphatic rings. The molecule has 0 N–H and O–H groups in total. The summed E-state index contributed by atoms with van der Waals surface area (Å²) >= 11 is 0. The first kappa shape index (κ1) is 12.8. The Hall–Kier alpha value is -2.23. The van der Waals surface area contributed by atoms with Gasteiger partial charge in [0, 0.05) is 30.5 Å². The molecule has 0 spiro atoms. The predicted octanol–water partition coefficient (Wildman–Crippen LogP) is 3.03. The van der Waals surface area contributed by atoms with E-state index in [2.05, 4.69) is 4.98 Å². The number of hydrogen-bond acceptors (Lipinski definition) is 2. The van der Waals surface area contributed by atoms with Crippen molar-refractivity contribution < 1.29 is 9.18 Å². The van der Waals surface area contributed by atoms with Gasteiger partial charge >= 0.3 is 0 Å². The normalized spacial score (nSPS) is 14.1. The highest BCUT2D eigenvalue weighted by Crippen LogP contribution is 2.29. The van der Waals surface area contributed by atoms with Crippen LogP contribution in [0, 0.1) is 5.82 Å². The third kappa shape index (κ3) is 2.85. The first-order valence-corrected chi connectivity index (χ1v) is 6.69. The van der Waals surface area contributed by atoms with Crippen molar-refractivity contribution >= 4 is 5.91 Å². The number of halogens is 1. The maximum absolute atomic E-state index is 13.3. The van der Waals surface area contributed by atoms with Gasteiger partial charge in [-0.1, -0.05) is 12.1 Å². The number of carbonyl (C=O) groups excluding carboxylic acids is 1. The van der Waals surface area contributed by atoms with E-state index in [1.807, 2.05) is 17.0 Å². The number of nitrogens with zero attached hydrogens (tertiary/aromatic N) is 2. The molecule has 3 nitrogen and oxygen atoms in total. The van der Waals surface area contributed by atoms with Gasteiger partial charge in [-0.05, 0) is 42.7 Å². The molecule has 1 fully saturated rings. The Balaban J connectivity index is 1.82. The molecule has 102 valence electrons. The third-order valence-electron chi connectivity index (χ3n) is 3.40. The molecule has 0 atom stereocenters. The van der Waals surface area contributed by atoms with Crippen molar-refractivity contribution in [3.8, 4) is 0 Å². The zero-order valence-electron chi connectivity index (χ0n) is 11.0. The molecule has 0 radical (unpaired) electrons. The summed E-state index contributed by atoms with van der Waals surface area (Å²) in [7, 11) is 0. The van der Waals surface area contributed by atoms with Gasteiger partial charge < -0.3 is 4.90 Å². The van der Waals surface area contributed by atoms with Crippen LogP contribution in [0.2, 0.25) is 0 Å². The quantitative estimate of drug-likeness (QED) is 0.855. The third-order valence-corrected chi connectivity index (χ3v) is 3.40. The topological polar surface area (TPSA) is 33.2 Å². The molecular formula is C16H15FN2O. The number of pyridine rings is 1. The number of hydrogen-bond donors (Lipinski definition) is 0. The summed E-state index contributed by atoms with van der Waals surface area (Å²) in [5.74, 6) is -0.496. The highest BCUT2D eigenvalue weighted by atomic mass is 19.1. The highest BCUT2D eigenvalue weighted by molar-refractivity contribution is 5.94. The maximum atomic E-state index is 13.3. The molecule has 1 aromatic carbocycles. The lowest BCUT2D eigenvalue weighted by atomic mass is 10.1. The molecule has 1 heterocycles. The Morgan fingerprint density at radius 2 is 2.15 bits per heavy atom. The molecule has 20 heavy (non-hydrogen) atoms. The lowest BCUT2D eigenvalue weighted by Crippen LogP contribution is -2.32. The van der Waals surface area contributed by atoms with E-state index >= 15 is 0 Å². The van der Waals surface area contributed by atoms with E-state index in [1.54, 1.807) is 24.5 Å². The van der Waals surface area contributed by atoms with Crippen molar-refractivity contribution in [2.24, 2.45) is 0 Å². The predicted molar refractivity (Wildman–Crippen MR) is 73.5 cm³/mol. The molecule has 0 aliphatic heterocycles. The zero-order chi connectivity index (χ0) is 13.9. The molecule has 0 bridgehead atoms. The average molecular weight is 270 g/mol. The first-order chi connectivity index (χ1) is 9.74. The van der Waals surface area contributed by atoms with Crippen molar-refractivity contribution in [3.63, 3.8) is 0 Å². The number of amides is 1. The van der Waals surface area contributed by atoms with Gasteiger partial charge in [0.25, 0.3) is 5.91 Å². The molecule has 1 saturated carbocycles. The summed E-state index contributed by atoms with van der Waals surface area (Å²) < 4.78 is 13.3. The summed E-state index contributed by atoms with van der Waals surface area (Å²) in [6.07, 6.45) is 5.50. The minimum absolute atomic E-state index is 0.115. The van der Waals surface area contributed by atoms with Gasteiger partial charge in [-0.3, -0.25) is 9.78 Å². The fourth-order valence-corrected chi connectivity index (χ4v) is 2.23. The van der Waals surface area contributed by atoms with Gasteiger partial charge in [0.05, 0.1) is 0 Å². The molecule has 2 aromatic rings. The van der Waals surface area contributed by atoms with Crippen molar-refractivity contribution in [2.75, 3.05) is 0 Å². The van der Waals surface area contributed by atoms with Crippen LogP contribution < -0.4 is 0 Å².